The number of hydrogen-bond acceptors (Lipinski definition) is 5. The Morgan fingerprint density at radius 1 is 1.36 bits per heavy atom. The lowest BCUT2D eigenvalue weighted by Crippen LogP contribution is -2.35. The van der Waals surface area contributed by atoms with E-state index in [1.807, 2.05) is 13.8 Å². The van der Waals surface area contributed by atoms with E-state index < -0.39 is 29.7 Å². The second-order valence-corrected chi connectivity index (χ2v) is 6.01. The molecular weight excluding hydrogens is 328 g/mol. The summed E-state index contributed by atoms with van der Waals surface area (Å²) >= 11 is 0. The first-order valence-electron chi connectivity index (χ1n) is 7.82. The van der Waals surface area contributed by atoms with Gasteiger partial charge in [-0.15, -0.1) is 0 Å². The minimum absolute atomic E-state index is 0.0203. The number of carbonyl (C=O) groups excluding carboxylic acids is 1. The van der Waals surface area contributed by atoms with Gasteiger partial charge in [0.05, 0.1) is 10.9 Å². The van der Waals surface area contributed by atoms with Crippen LogP contribution in [0, 0.1) is 0 Å². The van der Waals surface area contributed by atoms with E-state index in [1.54, 1.807) is 6.92 Å². The van der Waals surface area contributed by atoms with Crippen molar-refractivity contribution in [3.8, 4) is 0 Å². The van der Waals surface area contributed by atoms with Crippen LogP contribution in [0.3, 0.4) is 0 Å². The molecule has 0 unspecified atom stereocenters. The van der Waals surface area contributed by atoms with Crippen LogP contribution in [0.4, 0.5) is 0 Å². The zero-order chi connectivity index (χ0) is 18.9. The largest absolute Gasteiger partial charge is 0.480 e. The van der Waals surface area contributed by atoms with Crippen molar-refractivity contribution >= 4 is 22.9 Å². The molecule has 0 saturated heterocycles. The zero-order valence-electron chi connectivity index (χ0n) is 14.5. The van der Waals surface area contributed by atoms with E-state index in [9.17, 15) is 19.2 Å². The van der Waals surface area contributed by atoms with Gasteiger partial charge in [0.15, 0.2) is 5.65 Å². The van der Waals surface area contributed by atoms with Gasteiger partial charge in [-0.3, -0.25) is 23.9 Å². The Hall–Kier alpha value is -2.97. The Balaban J connectivity index is 2.87. The highest BCUT2D eigenvalue weighted by atomic mass is 16.4. The number of H-pyrrole nitrogens is 1. The number of carbonyl (C=O) groups is 2. The molecule has 9 nitrogen and oxygen atoms in total. The Labute approximate surface area is 142 Å². The molecule has 0 radical (unpaired) electrons. The highest BCUT2D eigenvalue weighted by Gasteiger charge is 2.23. The van der Waals surface area contributed by atoms with Gasteiger partial charge in [-0.1, -0.05) is 13.8 Å². The van der Waals surface area contributed by atoms with E-state index >= 15 is 0 Å². The topological polar surface area (TPSA) is 125 Å². The van der Waals surface area contributed by atoms with Crippen LogP contribution in [-0.4, -0.2) is 50.0 Å². The number of rotatable bonds is 5. The maximum absolute atomic E-state index is 12.7. The standard InChI is InChI=1S/C16H20N4O5/c1-5-20-13-12(14(23)18-16(20)25)9(6-10(17-13)8(2)3)15(24)19(4)7-11(21)22/h6,8H,5,7H2,1-4H3,(H,21,22)(H,18,23,25). The van der Waals surface area contributed by atoms with Crippen molar-refractivity contribution in [1.82, 2.24) is 19.4 Å². The van der Waals surface area contributed by atoms with Crippen molar-refractivity contribution in [3.05, 3.63) is 38.2 Å². The molecule has 0 bridgehead atoms. The number of likely N-dealkylation sites (N-methyl/N-ethyl adjacent to an activating group) is 1. The summed E-state index contributed by atoms with van der Waals surface area (Å²) in [7, 11) is 1.34. The number of nitrogens with one attached hydrogen (secondary N) is 1. The summed E-state index contributed by atoms with van der Waals surface area (Å²) in [6, 6.07) is 1.48. The average molecular weight is 348 g/mol. The molecule has 2 N–H and O–H groups in total. The van der Waals surface area contributed by atoms with Gasteiger partial charge in [0.25, 0.3) is 11.5 Å². The Bertz CT molecular complexity index is 957. The fourth-order valence-corrected chi connectivity index (χ4v) is 2.53. The van der Waals surface area contributed by atoms with Gasteiger partial charge in [0.2, 0.25) is 0 Å². The minimum Gasteiger partial charge on any atom is -0.480 e. The van der Waals surface area contributed by atoms with Crippen LogP contribution in [0.25, 0.3) is 11.0 Å². The van der Waals surface area contributed by atoms with Crippen molar-refractivity contribution in [2.24, 2.45) is 0 Å². The monoisotopic (exact) mass is 348 g/mol. The molecule has 2 rings (SSSR count). The van der Waals surface area contributed by atoms with Crippen molar-refractivity contribution in [2.75, 3.05) is 13.6 Å². The Kier molecular flexibility index (Phi) is 5.05. The quantitative estimate of drug-likeness (QED) is 0.805. The zero-order valence-corrected chi connectivity index (χ0v) is 14.5. The molecular formula is C16H20N4O5. The molecule has 0 aliphatic rings. The SMILES string of the molecule is CCn1c(=O)[nH]c(=O)c2c(C(=O)N(C)CC(=O)O)cc(C(C)C)nc21. The number of nitrogens with zero attached hydrogens (tertiary/aromatic N) is 3. The summed E-state index contributed by atoms with van der Waals surface area (Å²) in [5, 5.41) is 8.87. The smallest absolute Gasteiger partial charge is 0.329 e. The average Bonchev–Trinajstić information content (AvgIpc) is 2.52. The summed E-state index contributed by atoms with van der Waals surface area (Å²) in [5.74, 6) is -1.85. The van der Waals surface area contributed by atoms with Crippen LogP contribution < -0.4 is 11.2 Å². The molecule has 0 spiro atoms. The molecule has 0 saturated carbocycles. The van der Waals surface area contributed by atoms with Crippen molar-refractivity contribution < 1.29 is 14.7 Å². The van der Waals surface area contributed by atoms with Gasteiger partial charge in [0, 0.05) is 19.3 Å². The number of aliphatic carboxylic acids is 1. The van der Waals surface area contributed by atoms with Crippen LogP contribution in [0.2, 0.25) is 0 Å². The summed E-state index contributed by atoms with van der Waals surface area (Å²) in [6.07, 6.45) is 0. The second-order valence-electron chi connectivity index (χ2n) is 6.01. The van der Waals surface area contributed by atoms with Gasteiger partial charge in [0.1, 0.15) is 6.54 Å². The number of pyridine rings is 1. The van der Waals surface area contributed by atoms with E-state index in [-0.39, 0.29) is 29.1 Å². The maximum Gasteiger partial charge on any atom is 0.329 e. The number of carboxylic acid groups (broad SMARTS) is 1. The highest BCUT2D eigenvalue weighted by molar-refractivity contribution is 6.05. The molecule has 2 aromatic heterocycles. The van der Waals surface area contributed by atoms with E-state index in [1.165, 1.54) is 17.7 Å². The van der Waals surface area contributed by atoms with Crippen LogP contribution in [0.1, 0.15) is 42.7 Å². The number of aryl methyl sites for hydroxylation is 1. The first-order chi connectivity index (χ1) is 11.7. The van der Waals surface area contributed by atoms with Gasteiger partial charge in [-0.05, 0) is 18.9 Å². The van der Waals surface area contributed by atoms with Gasteiger partial charge in [-0.2, -0.15) is 0 Å². The molecule has 134 valence electrons. The normalized spacial score (nSPS) is 11.1. The van der Waals surface area contributed by atoms with Crippen molar-refractivity contribution in [3.63, 3.8) is 0 Å². The fourth-order valence-electron chi connectivity index (χ4n) is 2.53. The first kappa shape index (κ1) is 18.4. The predicted molar refractivity (Wildman–Crippen MR) is 91.0 cm³/mol. The highest BCUT2D eigenvalue weighted by Crippen LogP contribution is 2.20. The Morgan fingerprint density at radius 3 is 2.52 bits per heavy atom. The molecule has 25 heavy (non-hydrogen) atoms. The molecule has 9 heteroatoms. The maximum atomic E-state index is 12.7. The van der Waals surface area contributed by atoms with Gasteiger partial charge in [-0.25, -0.2) is 9.78 Å². The summed E-state index contributed by atoms with van der Waals surface area (Å²) in [5.41, 5.74) is -0.646. The lowest BCUT2D eigenvalue weighted by Gasteiger charge is -2.18. The van der Waals surface area contributed by atoms with E-state index in [0.29, 0.717) is 5.69 Å². The van der Waals surface area contributed by atoms with Gasteiger partial charge >= 0.3 is 11.7 Å². The van der Waals surface area contributed by atoms with Gasteiger partial charge < -0.3 is 10.0 Å². The van der Waals surface area contributed by atoms with Crippen molar-refractivity contribution in [1.29, 1.82) is 0 Å². The third kappa shape index (κ3) is 3.44. The molecule has 1 amide bonds. The summed E-state index contributed by atoms with van der Waals surface area (Å²) in [6.45, 7) is 5.21. The number of hydrogen-bond donors (Lipinski definition) is 2. The van der Waals surface area contributed by atoms with Crippen LogP contribution in [0.5, 0.6) is 0 Å². The lowest BCUT2D eigenvalue weighted by molar-refractivity contribution is -0.137. The first-order valence-corrected chi connectivity index (χ1v) is 7.82. The third-order valence-electron chi connectivity index (χ3n) is 3.83. The van der Waals surface area contributed by atoms with E-state index in [2.05, 4.69) is 9.97 Å². The molecule has 2 aromatic rings. The third-order valence-corrected chi connectivity index (χ3v) is 3.83. The molecule has 0 fully saturated rings. The number of aromatic nitrogens is 3. The second kappa shape index (κ2) is 6.88. The van der Waals surface area contributed by atoms with Crippen molar-refractivity contribution in [2.45, 2.75) is 33.2 Å². The fraction of sp³-hybridized carbons (Fsp3) is 0.438. The van der Waals surface area contributed by atoms with E-state index in [0.717, 1.165) is 4.90 Å². The van der Waals surface area contributed by atoms with E-state index in [4.69, 9.17) is 5.11 Å². The number of amides is 1. The van der Waals surface area contributed by atoms with Crippen LogP contribution in [-0.2, 0) is 11.3 Å². The Morgan fingerprint density at radius 2 is 2.00 bits per heavy atom. The molecule has 2 heterocycles. The number of aromatic amines is 1. The minimum atomic E-state index is -1.17. The molecule has 0 aromatic carbocycles. The lowest BCUT2D eigenvalue weighted by atomic mass is 10.0. The predicted octanol–water partition coefficient (Wildman–Crippen LogP) is 0.385. The number of carboxylic acids is 1. The molecule has 0 atom stereocenters. The summed E-state index contributed by atoms with van der Waals surface area (Å²) in [4.78, 5) is 55.5. The molecule has 0 aliphatic carbocycles. The summed E-state index contributed by atoms with van der Waals surface area (Å²) < 4.78 is 1.27. The molecule has 0 aliphatic heterocycles. The van der Waals surface area contributed by atoms with Crippen LogP contribution in [0.15, 0.2) is 15.7 Å². The van der Waals surface area contributed by atoms with Crippen LogP contribution >= 0.6 is 0 Å². The number of fused-ring (bicyclic) bond motifs is 1.